The molecular weight excluding hydrogens is 338 g/mol. The predicted octanol–water partition coefficient (Wildman–Crippen LogP) is 5.06. The Kier molecular flexibility index (Phi) is 5.77. The van der Waals surface area contributed by atoms with E-state index in [-0.39, 0.29) is 0 Å². The third kappa shape index (κ3) is 3.95. The molecule has 0 aliphatic rings. The molecule has 5 heteroatoms. The first-order chi connectivity index (χ1) is 13.2. The molecule has 138 valence electrons. The fraction of sp³-hybridized carbons (Fsp3) is 0.273. The van der Waals surface area contributed by atoms with Crippen LogP contribution in [-0.4, -0.2) is 25.7 Å². The molecule has 0 amide bonds. The molecule has 0 saturated carbocycles. The number of para-hydroxylation sites is 1. The second-order valence-electron chi connectivity index (χ2n) is 6.25. The van der Waals surface area contributed by atoms with Crippen LogP contribution in [0.3, 0.4) is 0 Å². The zero-order chi connectivity index (χ0) is 19.2. The molecule has 1 aromatic heterocycles. The number of anilines is 2. The van der Waals surface area contributed by atoms with Crippen LogP contribution in [0.25, 0.3) is 10.9 Å². The van der Waals surface area contributed by atoms with Crippen molar-refractivity contribution in [3.63, 3.8) is 0 Å². The van der Waals surface area contributed by atoms with Crippen molar-refractivity contribution in [1.82, 2.24) is 4.98 Å². The van der Waals surface area contributed by atoms with Crippen molar-refractivity contribution in [3.8, 4) is 17.6 Å². The third-order valence-electron chi connectivity index (χ3n) is 4.46. The van der Waals surface area contributed by atoms with E-state index in [9.17, 15) is 5.26 Å². The highest BCUT2D eigenvalue weighted by Crippen LogP contribution is 2.36. The zero-order valence-corrected chi connectivity index (χ0v) is 15.9. The Bertz CT molecular complexity index is 979. The van der Waals surface area contributed by atoms with Gasteiger partial charge in [-0.25, -0.2) is 4.98 Å². The van der Waals surface area contributed by atoms with Gasteiger partial charge in [0.2, 0.25) is 0 Å². The number of fused-ring (bicyclic) bond motifs is 1. The summed E-state index contributed by atoms with van der Waals surface area (Å²) in [5, 5.41) is 10.3. The Hall–Kier alpha value is -3.26. The number of ether oxygens (including phenoxy) is 2. The lowest BCUT2D eigenvalue weighted by molar-refractivity contribution is 0.288. The second-order valence-corrected chi connectivity index (χ2v) is 6.25. The summed E-state index contributed by atoms with van der Waals surface area (Å²) in [6.45, 7) is 2.78. The van der Waals surface area contributed by atoms with E-state index in [0.29, 0.717) is 23.8 Å². The van der Waals surface area contributed by atoms with E-state index in [4.69, 9.17) is 9.47 Å². The molecule has 0 aliphatic carbocycles. The highest BCUT2D eigenvalue weighted by Gasteiger charge is 2.14. The molecule has 1 heterocycles. The molecule has 0 unspecified atom stereocenters. The van der Waals surface area contributed by atoms with Gasteiger partial charge in [0, 0.05) is 24.2 Å². The Labute approximate surface area is 159 Å². The number of nitrogens with zero attached hydrogens (tertiary/aromatic N) is 3. The largest absolute Gasteiger partial charge is 0.493 e. The number of nitriles is 1. The molecule has 0 radical (unpaired) electrons. The van der Waals surface area contributed by atoms with Crippen LogP contribution in [-0.2, 0) is 0 Å². The number of methoxy groups -OCH3 is 1. The number of hydrogen-bond acceptors (Lipinski definition) is 5. The summed E-state index contributed by atoms with van der Waals surface area (Å²) in [6, 6.07) is 17.6. The van der Waals surface area contributed by atoms with Crippen molar-refractivity contribution in [2.45, 2.75) is 19.8 Å². The maximum atomic E-state index is 9.34. The first kappa shape index (κ1) is 18.5. The van der Waals surface area contributed by atoms with Crippen molar-refractivity contribution in [2.24, 2.45) is 0 Å². The summed E-state index contributed by atoms with van der Waals surface area (Å²) in [6.07, 6.45) is 2.06. The summed E-state index contributed by atoms with van der Waals surface area (Å²) in [5.41, 5.74) is 3.05. The fourth-order valence-corrected chi connectivity index (χ4v) is 2.94. The lowest BCUT2D eigenvalue weighted by Gasteiger charge is -2.23. The maximum Gasteiger partial charge on any atom is 0.163 e. The Morgan fingerprint density at radius 3 is 2.67 bits per heavy atom. The van der Waals surface area contributed by atoms with Crippen LogP contribution < -0.4 is 14.4 Å². The first-order valence-electron chi connectivity index (χ1n) is 9.02. The molecule has 3 rings (SSSR count). The van der Waals surface area contributed by atoms with Crippen LogP contribution in [0.4, 0.5) is 11.4 Å². The van der Waals surface area contributed by atoms with E-state index >= 15 is 0 Å². The topological polar surface area (TPSA) is 58.4 Å². The molecular formula is C22H23N3O2. The Morgan fingerprint density at radius 2 is 1.93 bits per heavy atom. The quantitative estimate of drug-likeness (QED) is 0.550. The van der Waals surface area contributed by atoms with Crippen molar-refractivity contribution >= 4 is 22.3 Å². The van der Waals surface area contributed by atoms with E-state index in [1.165, 1.54) is 0 Å². The van der Waals surface area contributed by atoms with Crippen molar-refractivity contribution in [3.05, 3.63) is 54.2 Å². The summed E-state index contributed by atoms with van der Waals surface area (Å²) in [7, 11) is 3.61. The average molecular weight is 361 g/mol. The van der Waals surface area contributed by atoms with Gasteiger partial charge in [0.05, 0.1) is 24.9 Å². The van der Waals surface area contributed by atoms with Crippen LogP contribution >= 0.6 is 0 Å². The number of pyridine rings is 1. The highest BCUT2D eigenvalue weighted by atomic mass is 16.5. The van der Waals surface area contributed by atoms with Gasteiger partial charge in [0.1, 0.15) is 11.8 Å². The zero-order valence-electron chi connectivity index (χ0n) is 15.9. The van der Waals surface area contributed by atoms with E-state index in [0.717, 1.165) is 35.1 Å². The molecule has 3 aromatic rings. The lowest BCUT2D eigenvalue weighted by Crippen LogP contribution is -2.11. The van der Waals surface area contributed by atoms with Gasteiger partial charge in [0.25, 0.3) is 0 Å². The maximum absolute atomic E-state index is 9.34. The molecule has 2 aromatic carbocycles. The third-order valence-corrected chi connectivity index (χ3v) is 4.46. The minimum atomic E-state index is 0.392. The van der Waals surface area contributed by atoms with Crippen molar-refractivity contribution in [1.29, 1.82) is 5.26 Å². The second kappa shape index (κ2) is 8.41. The normalized spacial score (nSPS) is 10.4. The number of benzene rings is 2. The van der Waals surface area contributed by atoms with Gasteiger partial charge in [-0.15, -0.1) is 0 Å². The SMILES string of the molecule is CCCCOc1cc(N(C)c2cc(C#N)nc3ccccc23)ccc1OC. The van der Waals surface area contributed by atoms with Crippen LogP contribution in [0, 0.1) is 11.3 Å². The van der Waals surface area contributed by atoms with Gasteiger partial charge in [-0.1, -0.05) is 31.5 Å². The van der Waals surface area contributed by atoms with Crippen LogP contribution in [0.1, 0.15) is 25.5 Å². The molecule has 5 nitrogen and oxygen atoms in total. The highest BCUT2D eigenvalue weighted by molar-refractivity contribution is 5.94. The minimum Gasteiger partial charge on any atom is -0.493 e. The molecule has 0 N–H and O–H groups in total. The first-order valence-corrected chi connectivity index (χ1v) is 9.02. The lowest BCUT2D eigenvalue weighted by atomic mass is 10.1. The molecule has 27 heavy (non-hydrogen) atoms. The molecule has 0 fully saturated rings. The van der Waals surface area contributed by atoms with Gasteiger partial charge >= 0.3 is 0 Å². The molecule has 0 atom stereocenters. The smallest absolute Gasteiger partial charge is 0.163 e. The number of unbranched alkanes of at least 4 members (excludes halogenated alkanes) is 1. The van der Waals surface area contributed by atoms with Crippen LogP contribution in [0.5, 0.6) is 11.5 Å². The fourth-order valence-electron chi connectivity index (χ4n) is 2.94. The average Bonchev–Trinajstić information content (AvgIpc) is 2.72. The van der Waals surface area contributed by atoms with Crippen LogP contribution in [0.15, 0.2) is 48.5 Å². The Balaban J connectivity index is 2.03. The van der Waals surface area contributed by atoms with Gasteiger partial charge < -0.3 is 14.4 Å². The predicted molar refractivity (Wildman–Crippen MR) is 108 cm³/mol. The van der Waals surface area contributed by atoms with E-state index < -0.39 is 0 Å². The monoisotopic (exact) mass is 361 g/mol. The molecule has 0 saturated heterocycles. The van der Waals surface area contributed by atoms with Gasteiger partial charge in [-0.2, -0.15) is 5.26 Å². The number of aromatic nitrogens is 1. The minimum absolute atomic E-state index is 0.392. The molecule has 0 aliphatic heterocycles. The standard InChI is InChI=1S/C22H23N3O2/c1-4-5-12-27-22-14-17(10-11-21(22)26-3)25(2)20-13-16(15-23)24-19-9-7-6-8-18(19)20/h6-11,13-14H,4-5,12H2,1-3H3. The van der Waals surface area contributed by atoms with Gasteiger partial charge in [-0.05, 0) is 30.7 Å². The van der Waals surface area contributed by atoms with E-state index in [1.54, 1.807) is 7.11 Å². The summed E-state index contributed by atoms with van der Waals surface area (Å²) in [4.78, 5) is 6.43. The van der Waals surface area contributed by atoms with Crippen molar-refractivity contribution in [2.75, 3.05) is 25.7 Å². The van der Waals surface area contributed by atoms with E-state index in [1.807, 2.05) is 60.5 Å². The molecule has 0 bridgehead atoms. The Morgan fingerprint density at radius 1 is 1.11 bits per heavy atom. The number of rotatable bonds is 7. The number of hydrogen-bond donors (Lipinski definition) is 0. The van der Waals surface area contributed by atoms with Crippen LogP contribution in [0.2, 0.25) is 0 Å². The van der Waals surface area contributed by atoms with Crippen molar-refractivity contribution < 1.29 is 9.47 Å². The van der Waals surface area contributed by atoms with E-state index in [2.05, 4.69) is 18.0 Å². The summed E-state index contributed by atoms with van der Waals surface area (Å²) < 4.78 is 11.3. The summed E-state index contributed by atoms with van der Waals surface area (Å²) in [5.74, 6) is 1.43. The molecule has 0 spiro atoms. The van der Waals surface area contributed by atoms with Gasteiger partial charge in [-0.3, -0.25) is 0 Å². The summed E-state index contributed by atoms with van der Waals surface area (Å²) >= 11 is 0. The van der Waals surface area contributed by atoms with Gasteiger partial charge in [0.15, 0.2) is 11.5 Å².